The van der Waals surface area contributed by atoms with Crippen LogP contribution in [0.2, 0.25) is 0 Å². The first-order valence-corrected chi connectivity index (χ1v) is 8.37. The number of fused-ring (bicyclic) bond motifs is 1. The molecule has 3 rings (SSSR count). The average Bonchev–Trinajstić information content (AvgIpc) is 2.54. The van der Waals surface area contributed by atoms with E-state index in [0.717, 1.165) is 25.1 Å². The van der Waals surface area contributed by atoms with Gasteiger partial charge in [-0.2, -0.15) is 0 Å². The van der Waals surface area contributed by atoms with Gasteiger partial charge in [0, 0.05) is 19.1 Å². The molecule has 0 spiro atoms. The fourth-order valence-corrected chi connectivity index (χ4v) is 3.97. The molecule has 0 aliphatic carbocycles. The zero-order valence-corrected chi connectivity index (χ0v) is 13.7. The quantitative estimate of drug-likeness (QED) is 0.908. The van der Waals surface area contributed by atoms with Gasteiger partial charge < -0.3 is 15.5 Å². The average molecular weight is 301 g/mol. The molecule has 2 aliphatic heterocycles. The molecule has 2 heterocycles. The van der Waals surface area contributed by atoms with Crippen LogP contribution in [0.4, 0.5) is 0 Å². The first-order chi connectivity index (χ1) is 10.6. The lowest BCUT2D eigenvalue weighted by Gasteiger charge is -2.46. The summed E-state index contributed by atoms with van der Waals surface area (Å²) < 4.78 is 0. The van der Waals surface area contributed by atoms with Crippen LogP contribution in [0.25, 0.3) is 0 Å². The van der Waals surface area contributed by atoms with Gasteiger partial charge >= 0.3 is 0 Å². The molecule has 0 bridgehead atoms. The Labute approximate surface area is 133 Å². The van der Waals surface area contributed by atoms with Crippen molar-refractivity contribution in [1.82, 2.24) is 9.80 Å². The zero-order valence-electron chi connectivity index (χ0n) is 13.7. The number of rotatable bonds is 2. The predicted octanol–water partition coefficient (Wildman–Crippen LogP) is 1.94. The van der Waals surface area contributed by atoms with E-state index in [-0.39, 0.29) is 5.91 Å². The smallest absolute Gasteiger partial charge is 0.244 e. The van der Waals surface area contributed by atoms with E-state index in [1.165, 1.54) is 24.9 Å². The van der Waals surface area contributed by atoms with E-state index in [1.54, 1.807) is 0 Å². The highest BCUT2D eigenvalue weighted by Crippen LogP contribution is 2.30. The predicted molar refractivity (Wildman–Crippen MR) is 88.4 cm³/mol. The minimum absolute atomic E-state index is 0.0792. The number of benzene rings is 1. The third kappa shape index (κ3) is 3.03. The largest absolute Gasteiger partial charge is 0.341 e. The van der Waals surface area contributed by atoms with Crippen LogP contribution in [0.15, 0.2) is 24.3 Å². The number of nitrogens with zero attached hydrogens (tertiary/aromatic N) is 2. The number of hydrogen-bond acceptors (Lipinski definition) is 3. The van der Waals surface area contributed by atoms with Crippen molar-refractivity contribution in [3.63, 3.8) is 0 Å². The van der Waals surface area contributed by atoms with Crippen molar-refractivity contribution in [3.05, 3.63) is 35.4 Å². The van der Waals surface area contributed by atoms with Crippen LogP contribution in [0.1, 0.15) is 36.4 Å². The molecule has 2 fully saturated rings. The molecular weight excluding hydrogens is 274 g/mol. The highest BCUT2D eigenvalue weighted by molar-refractivity contribution is 5.83. The van der Waals surface area contributed by atoms with Crippen LogP contribution in [0.5, 0.6) is 0 Å². The molecule has 2 aliphatic rings. The van der Waals surface area contributed by atoms with Crippen molar-refractivity contribution < 1.29 is 4.79 Å². The SMILES string of the molecule is Cc1ccc(C(N)C(=O)N2CCC3C(CCCN3C)C2)cc1. The third-order valence-electron chi connectivity index (χ3n) is 5.36. The minimum Gasteiger partial charge on any atom is -0.341 e. The van der Waals surface area contributed by atoms with Crippen LogP contribution in [-0.4, -0.2) is 48.4 Å². The lowest BCUT2D eigenvalue weighted by Crippen LogP contribution is -2.55. The number of nitrogens with two attached hydrogens (primary N) is 1. The lowest BCUT2D eigenvalue weighted by molar-refractivity contribution is -0.136. The monoisotopic (exact) mass is 301 g/mol. The third-order valence-corrected chi connectivity index (χ3v) is 5.36. The number of carbonyl (C=O) groups excluding carboxylic acids is 1. The Morgan fingerprint density at radius 3 is 2.68 bits per heavy atom. The fourth-order valence-electron chi connectivity index (χ4n) is 3.97. The molecule has 4 heteroatoms. The molecule has 0 saturated carbocycles. The van der Waals surface area contributed by atoms with Gasteiger partial charge in [-0.25, -0.2) is 0 Å². The molecule has 0 radical (unpaired) electrons. The molecule has 1 aromatic rings. The summed E-state index contributed by atoms with van der Waals surface area (Å²) in [6.45, 7) is 4.94. The van der Waals surface area contributed by atoms with Crippen LogP contribution in [0.3, 0.4) is 0 Å². The van der Waals surface area contributed by atoms with Crippen molar-refractivity contribution >= 4 is 5.91 Å². The summed E-state index contributed by atoms with van der Waals surface area (Å²) in [4.78, 5) is 17.2. The van der Waals surface area contributed by atoms with Gasteiger partial charge in [-0.15, -0.1) is 0 Å². The second-order valence-corrected chi connectivity index (χ2v) is 6.91. The highest BCUT2D eigenvalue weighted by Gasteiger charge is 2.36. The van der Waals surface area contributed by atoms with Gasteiger partial charge in [-0.05, 0) is 51.3 Å². The standard InChI is InChI=1S/C18H27N3O/c1-13-5-7-14(8-6-13)17(19)18(22)21-11-9-16-15(12-21)4-3-10-20(16)2/h5-8,15-17H,3-4,9-12,19H2,1-2H3. The molecule has 1 amide bonds. The summed E-state index contributed by atoms with van der Waals surface area (Å²) in [5, 5.41) is 0. The van der Waals surface area contributed by atoms with Gasteiger partial charge in [0.1, 0.15) is 6.04 Å². The number of aryl methyl sites for hydroxylation is 1. The molecule has 22 heavy (non-hydrogen) atoms. The second kappa shape index (κ2) is 6.39. The van der Waals surface area contributed by atoms with E-state index in [1.807, 2.05) is 36.1 Å². The minimum atomic E-state index is -0.529. The topological polar surface area (TPSA) is 49.6 Å². The number of amides is 1. The maximum absolute atomic E-state index is 12.7. The van der Waals surface area contributed by atoms with E-state index in [2.05, 4.69) is 11.9 Å². The molecule has 4 nitrogen and oxygen atoms in total. The first-order valence-electron chi connectivity index (χ1n) is 8.37. The summed E-state index contributed by atoms with van der Waals surface area (Å²) in [7, 11) is 2.21. The summed E-state index contributed by atoms with van der Waals surface area (Å²) in [6, 6.07) is 8.10. The van der Waals surface area contributed by atoms with Crippen molar-refractivity contribution in [3.8, 4) is 0 Å². The van der Waals surface area contributed by atoms with Crippen LogP contribution < -0.4 is 5.73 Å². The number of carbonyl (C=O) groups is 1. The molecule has 1 aromatic carbocycles. The van der Waals surface area contributed by atoms with Gasteiger partial charge in [-0.3, -0.25) is 4.79 Å². The van der Waals surface area contributed by atoms with Crippen LogP contribution >= 0.6 is 0 Å². The Hall–Kier alpha value is -1.39. The number of piperidine rings is 2. The molecule has 0 aromatic heterocycles. The highest BCUT2D eigenvalue weighted by atomic mass is 16.2. The number of hydrogen-bond donors (Lipinski definition) is 1. The van der Waals surface area contributed by atoms with Gasteiger partial charge in [0.15, 0.2) is 0 Å². The van der Waals surface area contributed by atoms with Crippen molar-refractivity contribution in [2.24, 2.45) is 11.7 Å². The fraction of sp³-hybridized carbons (Fsp3) is 0.611. The van der Waals surface area contributed by atoms with E-state index >= 15 is 0 Å². The lowest BCUT2D eigenvalue weighted by atomic mass is 9.84. The van der Waals surface area contributed by atoms with Gasteiger partial charge in [0.25, 0.3) is 0 Å². The van der Waals surface area contributed by atoms with E-state index in [9.17, 15) is 4.79 Å². The van der Waals surface area contributed by atoms with Crippen LogP contribution in [0, 0.1) is 12.8 Å². The molecule has 3 atom stereocenters. The Morgan fingerprint density at radius 1 is 1.23 bits per heavy atom. The normalized spacial score (nSPS) is 27.3. The summed E-state index contributed by atoms with van der Waals surface area (Å²) in [5.74, 6) is 0.692. The van der Waals surface area contributed by atoms with E-state index < -0.39 is 6.04 Å². The van der Waals surface area contributed by atoms with Gasteiger partial charge in [-0.1, -0.05) is 29.8 Å². The summed E-state index contributed by atoms with van der Waals surface area (Å²) in [5.41, 5.74) is 8.32. The van der Waals surface area contributed by atoms with Crippen molar-refractivity contribution in [1.29, 1.82) is 0 Å². The molecular formula is C18H27N3O. The van der Waals surface area contributed by atoms with E-state index in [0.29, 0.717) is 12.0 Å². The van der Waals surface area contributed by atoms with Gasteiger partial charge in [0.05, 0.1) is 0 Å². The molecule has 2 saturated heterocycles. The summed E-state index contributed by atoms with van der Waals surface area (Å²) in [6.07, 6.45) is 3.55. The Kier molecular flexibility index (Phi) is 4.50. The zero-order chi connectivity index (χ0) is 15.7. The number of likely N-dealkylation sites (tertiary alicyclic amines) is 2. The molecule has 3 unspecified atom stereocenters. The maximum Gasteiger partial charge on any atom is 0.244 e. The maximum atomic E-state index is 12.7. The van der Waals surface area contributed by atoms with Crippen molar-refractivity contribution in [2.75, 3.05) is 26.7 Å². The van der Waals surface area contributed by atoms with Crippen LogP contribution in [-0.2, 0) is 4.79 Å². The Bertz CT molecular complexity index is 528. The molecule has 2 N–H and O–H groups in total. The Morgan fingerprint density at radius 2 is 1.95 bits per heavy atom. The Balaban J connectivity index is 1.66. The van der Waals surface area contributed by atoms with E-state index in [4.69, 9.17) is 5.73 Å². The summed E-state index contributed by atoms with van der Waals surface area (Å²) >= 11 is 0. The molecule has 120 valence electrons. The van der Waals surface area contributed by atoms with Crippen molar-refractivity contribution in [2.45, 2.75) is 38.3 Å². The second-order valence-electron chi connectivity index (χ2n) is 6.91. The first kappa shape index (κ1) is 15.5. The van der Waals surface area contributed by atoms with Gasteiger partial charge in [0.2, 0.25) is 5.91 Å².